The molecule has 2 atom stereocenters. The summed E-state index contributed by atoms with van der Waals surface area (Å²) in [5.74, 6) is 1.39. The molecule has 1 amide bonds. The Kier molecular flexibility index (Phi) is 6.23. The zero-order chi connectivity index (χ0) is 16.2. The molecule has 1 aromatic heterocycles. The summed E-state index contributed by atoms with van der Waals surface area (Å²) in [6, 6.07) is 9.56. The molecule has 0 bridgehead atoms. The van der Waals surface area contributed by atoms with E-state index in [0.29, 0.717) is 17.7 Å². The highest BCUT2D eigenvalue weighted by Crippen LogP contribution is 2.23. The van der Waals surface area contributed by atoms with Gasteiger partial charge in [0, 0.05) is 29.4 Å². The Morgan fingerprint density at radius 1 is 1.33 bits per heavy atom. The number of aromatic amines is 1. The van der Waals surface area contributed by atoms with Gasteiger partial charge in [-0.25, -0.2) is 0 Å². The van der Waals surface area contributed by atoms with E-state index in [9.17, 15) is 4.79 Å². The first-order valence-corrected chi connectivity index (χ1v) is 7.94. The van der Waals surface area contributed by atoms with Gasteiger partial charge in [-0.2, -0.15) is 0 Å². The Balaban J connectivity index is 0.00000208. The molecule has 6 nitrogen and oxygen atoms in total. The minimum Gasteiger partial charge on any atom is -0.438 e. The minimum absolute atomic E-state index is 0. The summed E-state index contributed by atoms with van der Waals surface area (Å²) in [5, 5.41) is 13.2. The summed E-state index contributed by atoms with van der Waals surface area (Å²) in [6.45, 7) is 4.93. The van der Waals surface area contributed by atoms with Crippen LogP contribution in [0.5, 0.6) is 11.6 Å². The van der Waals surface area contributed by atoms with Crippen LogP contribution in [0.1, 0.15) is 25.5 Å². The third-order valence-electron chi connectivity index (χ3n) is 4.02. The van der Waals surface area contributed by atoms with Gasteiger partial charge >= 0.3 is 0 Å². The van der Waals surface area contributed by atoms with Crippen LogP contribution >= 0.6 is 12.4 Å². The molecule has 0 saturated carbocycles. The van der Waals surface area contributed by atoms with Crippen molar-refractivity contribution in [2.45, 2.75) is 32.7 Å². The number of ether oxygens (including phenoxy) is 1. The molecule has 0 unspecified atom stereocenters. The second-order valence-electron chi connectivity index (χ2n) is 6.08. The molecule has 3 N–H and O–H groups in total. The number of carbonyl (C=O) groups is 1. The van der Waals surface area contributed by atoms with E-state index < -0.39 is 0 Å². The topological polar surface area (TPSA) is 79.0 Å². The highest BCUT2D eigenvalue weighted by atomic mass is 35.5. The number of H-pyrrole nitrogens is 1. The van der Waals surface area contributed by atoms with E-state index in [1.807, 2.05) is 37.3 Å². The molecule has 1 aliphatic heterocycles. The number of amides is 1. The largest absolute Gasteiger partial charge is 0.438 e. The molecule has 0 aliphatic carbocycles. The van der Waals surface area contributed by atoms with E-state index in [1.54, 1.807) is 0 Å². The number of piperidine rings is 1. The lowest BCUT2D eigenvalue weighted by Gasteiger charge is -2.27. The normalized spacial score (nSPS) is 20.1. The molecule has 0 spiro atoms. The smallest absolute Gasteiger partial charge is 0.238 e. The van der Waals surface area contributed by atoms with E-state index in [2.05, 4.69) is 27.8 Å². The molecular weight excluding hydrogens is 328 g/mol. The van der Waals surface area contributed by atoms with Gasteiger partial charge in [-0.05, 0) is 57.5 Å². The van der Waals surface area contributed by atoms with Crippen LogP contribution in [0, 0.1) is 12.8 Å². The van der Waals surface area contributed by atoms with Crippen LogP contribution in [0.15, 0.2) is 30.3 Å². The van der Waals surface area contributed by atoms with Crippen LogP contribution in [0.3, 0.4) is 0 Å². The molecular formula is C17H23ClN4O2. The number of nitrogens with zero attached hydrogens (tertiary/aromatic N) is 1. The monoisotopic (exact) mass is 350 g/mol. The second-order valence-corrected chi connectivity index (χ2v) is 6.08. The summed E-state index contributed by atoms with van der Waals surface area (Å²) in [7, 11) is 0. The summed E-state index contributed by atoms with van der Waals surface area (Å²) < 4.78 is 5.63. The number of carbonyl (C=O) groups excluding carboxylic acids is 1. The first-order chi connectivity index (χ1) is 11.1. The number of nitrogens with one attached hydrogen (secondary N) is 3. The third kappa shape index (κ3) is 4.72. The number of hydrogen-bond donors (Lipinski definition) is 3. The van der Waals surface area contributed by atoms with Gasteiger partial charge in [0.15, 0.2) is 0 Å². The molecule has 2 aromatic rings. The number of aryl methyl sites for hydroxylation is 1. The van der Waals surface area contributed by atoms with Gasteiger partial charge in [-0.15, -0.1) is 17.5 Å². The van der Waals surface area contributed by atoms with Crippen molar-refractivity contribution in [2.24, 2.45) is 5.92 Å². The summed E-state index contributed by atoms with van der Waals surface area (Å²) >= 11 is 0. The first kappa shape index (κ1) is 18.3. The van der Waals surface area contributed by atoms with Crippen molar-refractivity contribution in [2.75, 3.05) is 11.9 Å². The van der Waals surface area contributed by atoms with Crippen molar-refractivity contribution in [3.05, 3.63) is 36.0 Å². The lowest BCUT2D eigenvalue weighted by molar-refractivity contribution is -0.120. The Bertz CT molecular complexity index is 671. The molecule has 24 heavy (non-hydrogen) atoms. The zero-order valence-electron chi connectivity index (χ0n) is 13.8. The van der Waals surface area contributed by atoms with Crippen molar-refractivity contribution < 1.29 is 9.53 Å². The standard InChI is InChI=1S/C17H22N4O2.ClH/c1-11-9-13(7-8-18-11)17(22)19-14-3-5-15(6-4-14)23-16-10-12(2)20-21-16;/h3-6,10-11,13,18H,7-9H2,1-2H3,(H,19,22)(H,20,21);1H/t11-,13-;/m0./s1. The lowest BCUT2D eigenvalue weighted by Crippen LogP contribution is -2.40. The average Bonchev–Trinajstić information content (AvgIpc) is 2.94. The number of halogens is 1. The van der Waals surface area contributed by atoms with E-state index >= 15 is 0 Å². The highest BCUT2D eigenvalue weighted by Gasteiger charge is 2.24. The molecule has 3 rings (SSSR count). The molecule has 2 heterocycles. The lowest BCUT2D eigenvalue weighted by atomic mass is 9.92. The molecule has 0 radical (unpaired) electrons. The maximum absolute atomic E-state index is 12.3. The van der Waals surface area contributed by atoms with Crippen LogP contribution < -0.4 is 15.4 Å². The Hall–Kier alpha value is -2.05. The van der Waals surface area contributed by atoms with E-state index in [1.165, 1.54) is 0 Å². The van der Waals surface area contributed by atoms with Gasteiger partial charge in [-0.3, -0.25) is 9.89 Å². The highest BCUT2D eigenvalue weighted by molar-refractivity contribution is 5.92. The molecule has 1 saturated heterocycles. The van der Waals surface area contributed by atoms with Gasteiger partial charge in [0.2, 0.25) is 11.8 Å². The van der Waals surface area contributed by atoms with E-state index in [0.717, 1.165) is 30.8 Å². The summed E-state index contributed by atoms with van der Waals surface area (Å²) in [4.78, 5) is 12.3. The fourth-order valence-corrected chi connectivity index (χ4v) is 2.79. The van der Waals surface area contributed by atoms with Gasteiger partial charge in [0.05, 0.1) is 0 Å². The maximum atomic E-state index is 12.3. The molecule has 1 aromatic carbocycles. The van der Waals surface area contributed by atoms with Crippen LogP contribution in [0.25, 0.3) is 0 Å². The van der Waals surface area contributed by atoms with E-state index in [-0.39, 0.29) is 24.2 Å². The maximum Gasteiger partial charge on any atom is 0.238 e. The van der Waals surface area contributed by atoms with Gasteiger partial charge in [0.1, 0.15) is 5.75 Å². The number of rotatable bonds is 4. The van der Waals surface area contributed by atoms with Crippen LogP contribution in [0.2, 0.25) is 0 Å². The quantitative estimate of drug-likeness (QED) is 0.790. The van der Waals surface area contributed by atoms with Gasteiger partial charge in [-0.1, -0.05) is 0 Å². The fourth-order valence-electron chi connectivity index (χ4n) is 2.79. The predicted molar refractivity (Wildman–Crippen MR) is 95.9 cm³/mol. The number of benzene rings is 1. The molecule has 1 aliphatic rings. The van der Waals surface area contributed by atoms with Crippen molar-refractivity contribution in [3.8, 4) is 11.6 Å². The first-order valence-electron chi connectivity index (χ1n) is 7.94. The second kappa shape index (κ2) is 8.17. The van der Waals surface area contributed by atoms with Gasteiger partial charge < -0.3 is 15.4 Å². The Morgan fingerprint density at radius 3 is 2.71 bits per heavy atom. The average molecular weight is 351 g/mol. The van der Waals surface area contributed by atoms with Crippen molar-refractivity contribution in [1.29, 1.82) is 0 Å². The SMILES string of the molecule is Cc1cc(Oc2ccc(NC(=O)[C@H]3CCN[C@@H](C)C3)cc2)n[nH]1.Cl. The third-order valence-corrected chi connectivity index (χ3v) is 4.02. The van der Waals surface area contributed by atoms with Crippen molar-refractivity contribution in [1.82, 2.24) is 15.5 Å². The number of hydrogen-bond acceptors (Lipinski definition) is 4. The number of aromatic nitrogens is 2. The molecule has 1 fully saturated rings. The van der Waals surface area contributed by atoms with Crippen LogP contribution in [-0.4, -0.2) is 28.7 Å². The van der Waals surface area contributed by atoms with E-state index in [4.69, 9.17) is 4.74 Å². The van der Waals surface area contributed by atoms with Crippen molar-refractivity contribution in [3.63, 3.8) is 0 Å². The summed E-state index contributed by atoms with van der Waals surface area (Å²) in [6.07, 6.45) is 1.77. The van der Waals surface area contributed by atoms with Crippen LogP contribution in [-0.2, 0) is 4.79 Å². The Morgan fingerprint density at radius 2 is 2.08 bits per heavy atom. The van der Waals surface area contributed by atoms with Crippen molar-refractivity contribution >= 4 is 24.0 Å². The Labute approximate surface area is 147 Å². The summed E-state index contributed by atoms with van der Waals surface area (Å²) in [5.41, 5.74) is 1.73. The van der Waals surface area contributed by atoms with Gasteiger partial charge in [0.25, 0.3) is 0 Å². The predicted octanol–water partition coefficient (Wildman–Crippen LogP) is 3.26. The fraction of sp³-hybridized carbons (Fsp3) is 0.412. The molecule has 130 valence electrons. The van der Waals surface area contributed by atoms with Crippen LogP contribution in [0.4, 0.5) is 5.69 Å². The molecule has 7 heteroatoms. The number of anilines is 1. The minimum atomic E-state index is 0. The zero-order valence-corrected chi connectivity index (χ0v) is 14.7.